The van der Waals surface area contributed by atoms with Crippen molar-refractivity contribution in [3.05, 3.63) is 121 Å². The molecule has 0 aromatic rings. The van der Waals surface area contributed by atoms with Gasteiger partial charge in [-0.3, -0.25) is 44.5 Å². The van der Waals surface area contributed by atoms with E-state index in [1.807, 2.05) is 24.3 Å². The Balaban J connectivity index is 0.000000224. The van der Waals surface area contributed by atoms with Crippen molar-refractivity contribution in [1.29, 1.82) is 42.2 Å². The van der Waals surface area contributed by atoms with Crippen LogP contribution in [0, 0.1) is 260 Å². The minimum absolute atomic E-state index is 0. The van der Waals surface area contributed by atoms with Gasteiger partial charge in [0.05, 0.1) is 17.4 Å². The smallest absolute Gasteiger partial charge is 0.330 e. The third-order valence-corrected chi connectivity index (χ3v) is 24.3. The molecule has 13 unspecified atom stereocenters. The molecular weight excluding hydrogens is 1170 g/mol. The number of nitrogens with zero attached hydrogens (tertiary/aromatic N) is 15. The van der Waals surface area contributed by atoms with Crippen LogP contribution in [0.5, 0.6) is 0 Å². The zero-order valence-electron chi connectivity index (χ0n) is 55.3. The van der Waals surface area contributed by atoms with Gasteiger partial charge in [0.15, 0.2) is 54.6 Å². The molecule has 13 atom stereocenters. The number of rotatable bonds is 17. The molecule has 20 nitrogen and oxygen atoms in total. The summed E-state index contributed by atoms with van der Waals surface area (Å²) < 4.78 is 0. The van der Waals surface area contributed by atoms with Crippen LogP contribution in [0.2, 0.25) is 0 Å². The molecule has 0 spiro atoms. The molecule has 16 aliphatic carbocycles. The quantitative estimate of drug-likeness (QED) is 0.0674. The van der Waals surface area contributed by atoms with Crippen molar-refractivity contribution in [2.75, 3.05) is 13.1 Å². The summed E-state index contributed by atoms with van der Waals surface area (Å²) in [6.07, 6.45) is 26.7. The summed E-state index contributed by atoms with van der Waals surface area (Å²) in [6, 6.07) is 5.13. The van der Waals surface area contributed by atoms with Gasteiger partial charge in [0.25, 0.3) is 6.04 Å². The minimum Gasteiger partial charge on any atom is -0.390 e. The maximum Gasteiger partial charge on any atom is 0.330 e. The van der Waals surface area contributed by atoms with Crippen LogP contribution in [-0.2, 0) is 0 Å². The lowest BCUT2D eigenvalue weighted by molar-refractivity contribution is -0.180. The summed E-state index contributed by atoms with van der Waals surface area (Å²) in [4.78, 5) is 27.2. The van der Waals surface area contributed by atoms with E-state index in [1.165, 1.54) is 64.2 Å². The van der Waals surface area contributed by atoms with Gasteiger partial charge in [-0.1, -0.05) is 0 Å². The van der Waals surface area contributed by atoms with E-state index in [9.17, 15) is 47.0 Å². The van der Waals surface area contributed by atoms with Crippen LogP contribution in [0.4, 0.5) is 0 Å². The second-order valence-corrected chi connectivity index (χ2v) is 30.5. The summed E-state index contributed by atoms with van der Waals surface area (Å²) in [5.74, 6) is 5.71. The zero-order chi connectivity index (χ0) is 64.8. The van der Waals surface area contributed by atoms with Crippen LogP contribution in [0.1, 0.15) is 154 Å². The Labute approximate surface area is 561 Å². The lowest BCUT2D eigenvalue weighted by Crippen LogP contribution is -2.60. The SMILES string of the molecule is [C-]#[N+]C(C#N)C(C(C#N)[N+]#[C-])C12CC3CC(CC(C3)C1)C2.[C-]#[N+]C(C#N)C(C(C=N)[N+]#[C-])C12CC3CC(CC(O)(C3)C1)C2.[C-]#[N+]C(C#N)C(NCC12CC3CC(CC(C3)C1)C2)C(C#N)[N+]#[C-].[C-]#[N+]C(C#N)C(NCC12CC3CC(CC(O)(C3)C1)C2)C(C#N)[N+]#[C-].[CH3+].[CH3+].[CH3+].[CH3+]. The Hall–Kier alpha value is -8.66. The number of hydrogen-bond donors (Lipinski definition) is 5. The van der Waals surface area contributed by atoms with Gasteiger partial charge in [-0.25, -0.2) is 52.6 Å². The molecule has 94 heavy (non-hydrogen) atoms. The van der Waals surface area contributed by atoms with Crippen molar-refractivity contribution in [3.8, 4) is 42.5 Å². The molecule has 486 valence electrons. The van der Waals surface area contributed by atoms with Crippen LogP contribution >= 0.6 is 0 Å². The monoisotopic (exact) mass is 1260 g/mol. The molecule has 16 saturated carbocycles. The summed E-state index contributed by atoms with van der Waals surface area (Å²) in [6.45, 7) is 59.4. The van der Waals surface area contributed by atoms with E-state index in [-0.39, 0.29) is 51.4 Å². The highest BCUT2D eigenvalue weighted by molar-refractivity contribution is 5.64. The van der Waals surface area contributed by atoms with Crippen LogP contribution in [-0.4, -0.2) is 101 Å². The van der Waals surface area contributed by atoms with Gasteiger partial charge < -0.3 is 20.5 Å². The predicted octanol–water partition coefficient (Wildman–Crippen LogP) is 12.6. The van der Waals surface area contributed by atoms with Gasteiger partial charge in [0.2, 0.25) is 0 Å². The Kier molecular flexibility index (Phi) is 25.1. The summed E-state index contributed by atoms with van der Waals surface area (Å²) in [5.41, 5.74) is -1.44. The van der Waals surface area contributed by atoms with Crippen LogP contribution in [0.3, 0.4) is 0 Å². The minimum atomic E-state index is -1.04. The van der Waals surface area contributed by atoms with E-state index in [2.05, 4.69) is 67.6 Å². The molecule has 5 N–H and O–H groups in total. The van der Waals surface area contributed by atoms with Crippen LogP contribution in [0.25, 0.3) is 38.8 Å². The lowest BCUT2D eigenvalue weighted by atomic mass is 9.43. The molecule has 0 radical (unpaired) electrons. The predicted molar refractivity (Wildman–Crippen MR) is 353 cm³/mol. The van der Waals surface area contributed by atoms with Gasteiger partial charge in [-0.2, -0.15) is 36.8 Å². The fraction of sp³-hybridized carbons (Fsp3) is 0.730. The summed E-state index contributed by atoms with van der Waals surface area (Å²) in [5, 5.41) is 101. The van der Waals surface area contributed by atoms with Crippen molar-refractivity contribution >= 4 is 6.21 Å². The molecule has 0 heterocycles. The molecule has 20 heteroatoms. The Morgan fingerprint density at radius 3 is 0.915 bits per heavy atom. The standard InChI is InChI=1S/C18H21N5O.C18H21N5.C17H20N4O.C17H18N4.4CH3/c1-21-14(8-19)16(15(9-20)22-2)23-11-17-4-12-3-13(5-17)7-18(24,6-12)10-17;1-21-15(9-19)17(16(10-20)22-2)23-11-18-6-12-3-13(7-18)5-14(4-12)8-18;1-20-13(8-18)15(14(9-19)21-2)16-4-11-3-12(5-16)7-17(22,6-11)10-16;1-20-14(9-18)16(15(10-19)21-2)17-6-11-3-12(7-17)5-13(4-11)8-17;;;;/h12-16,23-24H,3-7,10-11H2;12-17,23H,3-8,11H2;8,11-15,18,22H,3-7,10H2;11-16H,3-8H2;4*1H3/q;;;;4*+1. The molecular formula is C74H92N18O2+4. The van der Waals surface area contributed by atoms with Crippen molar-refractivity contribution in [2.45, 2.75) is 226 Å². The first-order valence-electron chi connectivity index (χ1n) is 32.4. The third-order valence-electron chi connectivity index (χ3n) is 24.3. The van der Waals surface area contributed by atoms with Crippen LogP contribution < -0.4 is 10.6 Å². The Bertz CT molecular complexity index is 3110. The van der Waals surface area contributed by atoms with Gasteiger partial charge in [-0.15, -0.1) is 0 Å². The topological polar surface area (TPSA) is 290 Å². The van der Waals surface area contributed by atoms with E-state index < -0.39 is 83.5 Å². The zero-order valence-corrected chi connectivity index (χ0v) is 55.3. The highest BCUT2D eigenvalue weighted by Gasteiger charge is 2.66. The van der Waals surface area contributed by atoms with Gasteiger partial charge >= 0.3 is 42.3 Å². The fourth-order valence-electron chi connectivity index (χ4n) is 23.1. The molecule has 0 aliphatic heterocycles. The van der Waals surface area contributed by atoms with Crippen molar-refractivity contribution in [1.82, 2.24) is 10.6 Å². The molecule has 0 amide bonds. The van der Waals surface area contributed by atoms with Gasteiger partial charge in [0, 0.05) is 42.8 Å². The van der Waals surface area contributed by atoms with Crippen molar-refractivity contribution < 1.29 is 10.2 Å². The molecule has 16 aliphatic rings. The van der Waals surface area contributed by atoms with Crippen LogP contribution in [0.15, 0.2) is 0 Å². The number of hydrogen-bond acceptors (Lipinski definition) is 12. The maximum absolute atomic E-state index is 10.9. The molecule has 0 saturated heterocycles. The average molecular weight is 1270 g/mol. The Morgan fingerprint density at radius 2 is 0.628 bits per heavy atom. The van der Waals surface area contributed by atoms with Gasteiger partial charge in [0.1, 0.15) is 11.8 Å². The molecule has 16 rings (SSSR count). The molecule has 16 bridgehead atoms. The first-order chi connectivity index (χ1) is 43.2. The Morgan fingerprint density at radius 1 is 0.362 bits per heavy atom. The van der Waals surface area contributed by atoms with Crippen molar-refractivity contribution in [2.24, 2.45) is 92.7 Å². The van der Waals surface area contributed by atoms with Crippen molar-refractivity contribution in [3.63, 3.8) is 0 Å². The lowest BCUT2D eigenvalue weighted by Gasteiger charge is -2.61. The highest BCUT2D eigenvalue weighted by Crippen LogP contribution is 2.67. The first-order valence-corrected chi connectivity index (χ1v) is 32.4. The van der Waals surface area contributed by atoms with Gasteiger partial charge in [-0.05, 0) is 235 Å². The van der Waals surface area contributed by atoms with E-state index in [0.29, 0.717) is 54.4 Å². The second kappa shape index (κ2) is 31.1. The van der Waals surface area contributed by atoms with E-state index in [1.54, 1.807) is 0 Å². The highest BCUT2D eigenvalue weighted by atomic mass is 16.3. The third kappa shape index (κ3) is 15.1. The molecule has 0 aromatic carbocycles. The maximum atomic E-state index is 10.9. The largest absolute Gasteiger partial charge is 0.390 e. The number of aliphatic hydroxyl groups is 2. The summed E-state index contributed by atoms with van der Waals surface area (Å²) >= 11 is 0. The fourth-order valence-corrected chi connectivity index (χ4v) is 23.1. The van der Waals surface area contributed by atoms with E-state index >= 15 is 0 Å². The van der Waals surface area contributed by atoms with E-state index in [4.69, 9.17) is 58.0 Å². The second-order valence-electron chi connectivity index (χ2n) is 30.5. The van der Waals surface area contributed by atoms with E-state index in [0.717, 1.165) is 114 Å². The number of nitriles is 7. The average Bonchev–Trinajstić information content (AvgIpc) is 0.736. The normalized spacial score (nSPS) is 38.2. The number of nitrogens with one attached hydrogen (secondary N) is 3. The first kappa shape index (κ1) is 76.1. The summed E-state index contributed by atoms with van der Waals surface area (Å²) in [7, 11) is 0. The molecule has 16 fully saturated rings. The molecule has 0 aromatic heterocycles.